The number of fused-ring (bicyclic) bond motifs is 6. The third kappa shape index (κ3) is 2.53. The lowest BCUT2D eigenvalue weighted by Gasteiger charge is -2.35. The van der Waals surface area contributed by atoms with Gasteiger partial charge in [-0.3, -0.25) is 0 Å². The molecule has 0 radical (unpaired) electrons. The van der Waals surface area contributed by atoms with Gasteiger partial charge in [-0.25, -0.2) is 0 Å². The highest BCUT2D eigenvalue weighted by atomic mass is 16.5. The molecule has 3 heterocycles. The van der Waals surface area contributed by atoms with E-state index in [1.165, 1.54) is 0 Å². The number of methoxy groups -OCH3 is 2. The molecule has 2 aromatic rings. The SMILES string of the molecule is COc1cc2c(cc1OC)C1=Cc3ccc4c(c3O[C@H]1CO2)C=CC(C)(C)O4. The smallest absolute Gasteiger partial charge is 0.164 e. The monoisotopic (exact) mass is 378 g/mol. The standard InChI is InChI=1S/C23H22O5/c1-23(2)8-7-14-17(28-23)6-5-13-9-15-16-10-19(24-3)20(25-4)11-18(16)26-12-21(15)27-22(13)14/h5-11,21H,12H2,1-4H3/t21-/m0/s1. The van der Waals surface area contributed by atoms with E-state index in [1.54, 1.807) is 14.2 Å². The number of hydrogen-bond acceptors (Lipinski definition) is 5. The topological polar surface area (TPSA) is 46.2 Å². The van der Waals surface area contributed by atoms with Crippen LogP contribution in [0.2, 0.25) is 0 Å². The Morgan fingerprint density at radius 2 is 1.82 bits per heavy atom. The summed E-state index contributed by atoms with van der Waals surface area (Å²) in [6.07, 6.45) is 6.13. The first kappa shape index (κ1) is 17.0. The summed E-state index contributed by atoms with van der Waals surface area (Å²) in [4.78, 5) is 0. The average molecular weight is 378 g/mol. The van der Waals surface area contributed by atoms with Gasteiger partial charge in [0.1, 0.15) is 29.5 Å². The van der Waals surface area contributed by atoms with E-state index in [9.17, 15) is 0 Å². The molecule has 0 amide bonds. The van der Waals surface area contributed by atoms with Crippen LogP contribution in [0.5, 0.6) is 28.7 Å². The molecule has 0 aromatic heterocycles. The number of ether oxygens (including phenoxy) is 5. The molecule has 5 nitrogen and oxygen atoms in total. The quantitative estimate of drug-likeness (QED) is 0.765. The zero-order chi connectivity index (χ0) is 19.5. The van der Waals surface area contributed by atoms with Gasteiger partial charge < -0.3 is 23.7 Å². The Kier molecular flexibility index (Phi) is 3.63. The largest absolute Gasteiger partial charge is 0.493 e. The van der Waals surface area contributed by atoms with Crippen LogP contribution >= 0.6 is 0 Å². The van der Waals surface area contributed by atoms with E-state index in [-0.39, 0.29) is 11.7 Å². The highest BCUT2D eigenvalue weighted by molar-refractivity contribution is 5.92. The summed E-state index contributed by atoms with van der Waals surface area (Å²) in [6.45, 7) is 4.52. The molecule has 0 saturated heterocycles. The van der Waals surface area contributed by atoms with Crippen LogP contribution in [0.15, 0.2) is 30.3 Å². The van der Waals surface area contributed by atoms with Gasteiger partial charge in [-0.05, 0) is 50.3 Å². The Hall–Kier alpha value is -3.08. The second-order valence-corrected chi connectivity index (χ2v) is 7.66. The molecule has 0 fully saturated rings. The van der Waals surface area contributed by atoms with E-state index < -0.39 is 0 Å². The lowest BCUT2D eigenvalue weighted by molar-refractivity contribution is 0.148. The number of hydrogen-bond donors (Lipinski definition) is 0. The molecular weight excluding hydrogens is 356 g/mol. The van der Waals surface area contributed by atoms with Crippen LogP contribution in [0.1, 0.15) is 30.5 Å². The zero-order valence-corrected chi connectivity index (χ0v) is 16.4. The van der Waals surface area contributed by atoms with Crippen molar-refractivity contribution in [2.75, 3.05) is 20.8 Å². The Bertz CT molecular complexity index is 1030. The van der Waals surface area contributed by atoms with Gasteiger partial charge in [0.15, 0.2) is 17.6 Å². The highest BCUT2D eigenvalue weighted by Crippen LogP contribution is 2.48. The van der Waals surface area contributed by atoms with Crippen LogP contribution < -0.4 is 23.7 Å². The minimum absolute atomic E-state index is 0.187. The van der Waals surface area contributed by atoms with E-state index in [2.05, 4.69) is 18.2 Å². The molecule has 0 aliphatic carbocycles. The first-order valence-electron chi connectivity index (χ1n) is 9.32. The van der Waals surface area contributed by atoms with Gasteiger partial charge in [-0.1, -0.05) is 0 Å². The van der Waals surface area contributed by atoms with Crippen molar-refractivity contribution in [1.29, 1.82) is 0 Å². The maximum absolute atomic E-state index is 6.39. The van der Waals surface area contributed by atoms with Gasteiger partial charge in [0.25, 0.3) is 0 Å². The van der Waals surface area contributed by atoms with Gasteiger partial charge in [0, 0.05) is 22.8 Å². The minimum atomic E-state index is -0.320. The Balaban J connectivity index is 1.63. The van der Waals surface area contributed by atoms with Crippen LogP contribution in [0.25, 0.3) is 17.7 Å². The van der Waals surface area contributed by atoms with Crippen LogP contribution in [0.4, 0.5) is 0 Å². The summed E-state index contributed by atoms with van der Waals surface area (Å²) in [6, 6.07) is 7.87. The Morgan fingerprint density at radius 3 is 2.61 bits per heavy atom. The second-order valence-electron chi connectivity index (χ2n) is 7.66. The lowest BCUT2D eigenvalue weighted by Crippen LogP contribution is -2.33. The molecule has 2 aromatic carbocycles. The zero-order valence-electron chi connectivity index (χ0n) is 16.4. The van der Waals surface area contributed by atoms with Crippen LogP contribution in [0.3, 0.4) is 0 Å². The maximum Gasteiger partial charge on any atom is 0.164 e. The van der Waals surface area contributed by atoms with Gasteiger partial charge in [-0.2, -0.15) is 0 Å². The Morgan fingerprint density at radius 1 is 1.04 bits per heavy atom. The molecular formula is C23H22O5. The number of benzene rings is 2. The highest BCUT2D eigenvalue weighted by Gasteiger charge is 2.34. The van der Waals surface area contributed by atoms with E-state index in [0.29, 0.717) is 18.1 Å². The molecule has 3 aliphatic heterocycles. The molecule has 144 valence electrons. The molecule has 0 N–H and O–H groups in total. The fraction of sp³-hybridized carbons (Fsp3) is 0.304. The summed E-state index contributed by atoms with van der Waals surface area (Å²) in [5, 5.41) is 0. The van der Waals surface area contributed by atoms with Crippen molar-refractivity contribution < 1.29 is 23.7 Å². The molecule has 5 rings (SSSR count). The Labute approximate surface area is 164 Å². The van der Waals surface area contributed by atoms with Crippen molar-refractivity contribution in [3.05, 3.63) is 47.0 Å². The molecule has 0 unspecified atom stereocenters. The summed E-state index contributed by atoms with van der Waals surface area (Å²) in [7, 11) is 3.25. The van der Waals surface area contributed by atoms with Crippen LogP contribution in [-0.4, -0.2) is 32.5 Å². The van der Waals surface area contributed by atoms with Crippen molar-refractivity contribution in [3.63, 3.8) is 0 Å². The summed E-state index contributed by atoms with van der Waals surface area (Å²) in [5.74, 6) is 3.77. The van der Waals surface area contributed by atoms with Crippen molar-refractivity contribution in [1.82, 2.24) is 0 Å². The van der Waals surface area contributed by atoms with Crippen LogP contribution in [-0.2, 0) is 0 Å². The molecule has 0 saturated carbocycles. The third-order valence-corrected chi connectivity index (χ3v) is 5.32. The van der Waals surface area contributed by atoms with Crippen molar-refractivity contribution in [2.45, 2.75) is 25.6 Å². The molecule has 5 heteroatoms. The fourth-order valence-corrected chi connectivity index (χ4v) is 3.90. The lowest BCUT2D eigenvalue weighted by atomic mass is 9.90. The summed E-state index contributed by atoms with van der Waals surface area (Å²) < 4.78 is 29.3. The second kappa shape index (κ2) is 5.96. The molecule has 0 spiro atoms. The van der Waals surface area contributed by atoms with Crippen molar-refractivity contribution >= 4 is 17.7 Å². The fourth-order valence-electron chi connectivity index (χ4n) is 3.90. The average Bonchev–Trinajstić information content (AvgIpc) is 2.70. The molecule has 0 bridgehead atoms. The van der Waals surface area contributed by atoms with Gasteiger partial charge in [0.2, 0.25) is 0 Å². The first-order chi connectivity index (χ1) is 13.5. The molecule has 3 aliphatic rings. The predicted molar refractivity (Wildman–Crippen MR) is 108 cm³/mol. The third-order valence-electron chi connectivity index (χ3n) is 5.32. The molecule has 28 heavy (non-hydrogen) atoms. The number of rotatable bonds is 2. The molecule has 1 atom stereocenters. The van der Waals surface area contributed by atoms with Crippen molar-refractivity contribution in [2.24, 2.45) is 0 Å². The first-order valence-corrected chi connectivity index (χ1v) is 9.32. The van der Waals surface area contributed by atoms with Crippen LogP contribution in [0, 0.1) is 0 Å². The summed E-state index contributed by atoms with van der Waals surface area (Å²) >= 11 is 0. The van der Waals surface area contributed by atoms with Crippen molar-refractivity contribution in [3.8, 4) is 28.7 Å². The van der Waals surface area contributed by atoms with E-state index >= 15 is 0 Å². The van der Waals surface area contributed by atoms with E-state index in [4.69, 9.17) is 23.7 Å². The van der Waals surface area contributed by atoms with E-state index in [1.807, 2.05) is 38.1 Å². The minimum Gasteiger partial charge on any atom is -0.493 e. The predicted octanol–water partition coefficient (Wildman–Crippen LogP) is 4.58. The maximum atomic E-state index is 6.39. The normalized spacial score (nSPS) is 20.1. The van der Waals surface area contributed by atoms with Gasteiger partial charge >= 0.3 is 0 Å². The van der Waals surface area contributed by atoms with E-state index in [0.717, 1.165) is 39.5 Å². The van der Waals surface area contributed by atoms with Gasteiger partial charge in [-0.15, -0.1) is 0 Å². The van der Waals surface area contributed by atoms with Gasteiger partial charge in [0.05, 0.1) is 19.8 Å². The summed E-state index contributed by atoms with van der Waals surface area (Å²) in [5.41, 5.74) is 3.73.